The molecule has 2 rings (SSSR count). The lowest BCUT2D eigenvalue weighted by Crippen LogP contribution is -2.25. The Kier molecular flexibility index (Phi) is 2.75. The predicted molar refractivity (Wildman–Crippen MR) is 62.9 cm³/mol. The van der Waals surface area contributed by atoms with Crippen molar-refractivity contribution in [3.63, 3.8) is 0 Å². The summed E-state index contributed by atoms with van der Waals surface area (Å²) >= 11 is 3.54. The van der Waals surface area contributed by atoms with Gasteiger partial charge in [0.1, 0.15) is 11.5 Å². The van der Waals surface area contributed by atoms with Crippen molar-refractivity contribution in [2.75, 3.05) is 0 Å². The van der Waals surface area contributed by atoms with Crippen LogP contribution in [0.1, 0.15) is 39.0 Å². The quantitative estimate of drug-likeness (QED) is 0.832. The summed E-state index contributed by atoms with van der Waals surface area (Å²) in [6.07, 6.45) is 5.99. The molecule has 0 radical (unpaired) electrons. The van der Waals surface area contributed by atoms with E-state index in [9.17, 15) is 9.90 Å². The molecule has 0 bridgehead atoms. The third-order valence-corrected chi connectivity index (χ3v) is 4.44. The summed E-state index contributed by atoms with van der Waals surface area (Å²) in [4.78, 5) is 11.8. The zero-order valence-corrected chi connectivity index (χ0v) is 10.4. The third kappa shape index (κ3) is 1.78. The molecule has 3 heteroatoms. The summed E-state index contributed by atoms with van der Waals surface area (Å²) in [6, 6.07) is 0. The number of aliphatic hydroxyl groups is 1. The molecule has 0 amide bonds. The highest BCUT2D eigenvalue weighted by atomic mass is 79.9. The Balaban J connectivity index is 2.21. The Morgan fingerprint density at radius 3 is 2.73 bits per heavy atom. The fraction of sp³-hybridized carbons (Fsp3) is 0.583. The van der Waals surface area contributed by atoms with E-state index >= 15 is 0 Å². The minimum Gasteiger partial charge on any atom is -0.512 e. The van der Waals surface area contributed by atoms with Crippen LogP contribution >= 0.6 is 15.9 Å². The molecule has 0 saturated carbocycles. The fourth-order valence-electron chi connectivity index (χ4n) is 2.35. The third-order valence-electron chi connectivity index (χ3n) is 3.49. The van der Waals surface area contributed by atoms with Crippen molar-refractivity contribution in [2.24, 2.45) is 5.41 Å². The minimum absolute atomic E-state index is 0.139. The first kappa shape index (κ1) is 10.9. The van der Waals surface area contributed by atoms with Crippen molar-refractivity contribution in [2.45, 2.75) is 39.0 Å². The molecule has 15 heavy (non-hydrogen) atoms. The van der Waals surface area contributed by atoms with Gasteiger partial charge in [-0.05, 0) is 43.2 Å². The second kappa shape index (κ2) is 3.78. The van der Waals surface area contributed by atoms with Gasteiger partial charge in [-0.2, -0.15) is 0 Å². The molecule has 0 aromatic rings. The number of allylic oxidation sites excluding steroid dienone is 4. The maximum Gasteiger partial charge on any atom is 0.150 e. The lowest BCUT2D eigenvalue weighted by molar-refractivity contribution is -0.125. The van der Waals surface area contributed by atoms with Crippen LogP contribution < -0.4 is 0 Å². The summed E-state index contributed by atoms with van der Waals surface area (Å²) in [5, 5.41) is 9.77. The predicted octanol–water partition coefficient (Wildman–Crippen LogP) is 3.63. The van der Waals surface area contributed by atoms with E-state index in [4.69, 9.17) is 0 Å². The number of carbonyl (C=O) groups is 1. The summed E-state index contributed by atoms with van der Waals surface area (Å²) in [5.74, 6) is 0.395. The van der Waals surface area contributed by atoms with E-state index in [-0.39, 0.29) is 11.5 Å². The number of aliphatic hydroxyl groups excluding tert-OH is 1. The van der Waals surface area contributed by atoms with Crippen LogP contribution in [0.3, 0.4) is 0 Å². The molecule has 0 aromatic carbocycles. The van der Waals surface area contributed by atoms with Crippen LogP contribution in [0.4, 0.5) is 0 Å². The van der Waals surface area contributed by atoms with Gasteiger partial charge in [0, 0.05) is 6.42 Å². The van der Waals surface area contributed by atoms with Gasteiger partial charge in [0.25, 0.3) is 0 Å². The van der Waals surface area contributed by atoms with E-state index in [1.54, 1.807) is 6.08 Å². The number of hydrogen-bond donors (Lipinski definition) is 1. The molecule has 1 unspecified atom stereocenters. The molecule has 0 spiro atoms. The zero-order valence-electron chi connectivity index (χ0n) is 8.85. The van der Waals surface area contributed by atoms with Gasteiger partial charge in [-0.15, -0.1) is 0 Å². The van der Waals surface area contributed by atoms with Crippen LogP contribution in [-0.2, 0) is 4.79 Å². The number of rotatable bonds is 2. The number of halogens is 1. The topological polar surface area (TPSA) is 37.3 Å². The fourth-order valence-corrected chi connectivity index (χ4v) is 2.97. The van der Waals surface area contributed by atoms with E-state index < -0.39 is 5.41 Å². The Labute approximate surface area is 98.2 Å². The van der Waals surface area contributed by atoms with Crippen molar-refractivity contribution < 1.29 is 9.90 Å². The first-order valence-electron chi connectivity index (χ1n) is 5.33. The summed E-state index contributed by atoms with van der Waals surface area (Å²) in [5.41, 5.74) is 0.645. The number of carbonyl (C=O) groups excluding carboxylic acids is 1. The van der Waals surface area contributed by atoms with E-state index in [2.05, 4.69) is 15.9 Å². The standard InChI is InChI=1S/C12H15BrO2/c1-12(10(14)5-6-11(12)15)7-8-3-2-4-9(8)13/h5,14H,2-4,6-7H2,1H3. The van der Waals surface area contributed by atoms with E-state index in [1.807, 2.05) is 6.92 Å². The average Bonchev–Trinajstić information content (AvgIpc) is 2.68. The molecule has 0 fully saturated rings. The number of hydrogen-bond acceptors (Lipinski definition) is 2. The van der Waals surface area contributed by atoms with Gasteiger partial charge in [0.15, 0.2) is 0 Å². The van der Waals surface area contributed by atoms with E-state index in [0.717, 1.165) is 19.3 Å². The minimum atomic E-state index is -0.654. The highest BCUT2D eigenvalue weighted by Crippen LogP contribution is 2.44. The second-order valence-electron chi connectivity index (χ2n) is 4.59. The van der Waals surface area contributed by atoms with Gasteiger partial charge in [-0.1, -0.05) is 21.5 Å². The van der Waals surface area contributed by atoms with Gasteiger partial charge in [-0.25, -0.2) is 0 Å². The molecule has 0 aliphatic heterocycles. The number of ketones is 1. The van der Waals surface area contributed by atoms with Gasteiger partial charge in [-0.3, -0.25) is 4.79 Å². The lowest BCUT2D eigenvalue weighted by atomic mass is 9.80. The van der Waals surface area contributed by atoms with Crippen molar-refractivity contribution >= 4 is 21.7 Å². The van der Waals surface area contributed by atoms with Crippen LogP contribution in [-0.4, -0.2) is 10.9 Å². The maximum absolute atomic E-state index is 11.8. The smallest absolute Gasteiger partial charge is 0.150 e. The first-order chi connectivity index (χ1) is 7.04. The van der Waals surface area contributed by atoms with Crippen molar-refractivity contribution in [3.05, 3.63) is 21.9 Å². The molecule has 1 N–H and O–H groups in total. The van der Waals surface area contributed by atoms with Crippen molar-refractivity contribution in [3.8, 4) is 0 Å². The van der Waals surface area contributed by atoms with Gasteiger partial charge >= 0.3 is 0 Å². The van der Waals surface area contributed by atoms with Crippen molar-refractivity contribution in [1.82, 2.24) is 0 Å². The Morgan fingerprint density at radius 2 is 2.27 bits per heavy atom. The van der Waals surface area contributed by atoms with Crippen LogP contribution in [0.25, 0.3) is 0 Å². The zero-order chi connectivity index (χ0) is 11.1. The van der Waals surface area contributed by atoms with Crippen LogP contribution in [0.5, 0.6) is 0 Å². The highest BCUT2D eigenvalue weighted by molar-refractivity contribution is 9.11. The molecule has 2 nitrogen and oxygen atoms in total. The van der Waals surface area contributed by atoms with Crippen LogP contribution in [0, 0.1) is 5.41 Å². The molecule has 2 aliphatic carbocycles. The van der Waals surface area contributed by atoms with Gasteiger partial charge < -0.3 is 5.11 Å². The Hall–Kier alpha value is -0.570. The largest absolute Gasteiger partial charge is 0.512 e. The SMILES string of the molecule is CC1(CC2=C(Br)CCC2)C(=O)CC=C1O. The first-order valence-corrected chi connectivity index (χ1v) is 6.12. The van der Waals surface area contributed by atoms with E-state index in [1.165, 1.54) is 10.1 Å². The summed E-state index contributed by atoms with van der Waals surface area (Å²) < 4.78 is 1.23. The molecular formula is C12H15BrO2. The molecule has 0 aromatic heterocycles. The Bertz CT molecular complexity index is 368. The molecule has 1 atom stereocenters. The summed E-state index contributed by atoms with van der Waals surface area (Å²) in [7, 11) is 0. The average molecular weight is 271 g/mol. The molecule has 2 aliphatic rings. The highest BCUT2D eigenvalue weighted by Gasteiger charge is 2.41. The monoisotopic (exact) mass is 270 g/mol. The molecule has 0 saturated heterocycles. The molecule has 0 heterocycles. The molecule has 82 valence electrons. The van der Waals surface area contributed by atoms with Gasteiger partial charge in [0.05, 0.1) is 5.41 Å². The van der Waals surface area contributed by atoms with E-state index in [0.29, 0.717) is 12.8 Å². The van der Waals surface area contributed by atoms with Crippen LogP contribution in [0.2, 0.25) is 0 Å². The van der Waals surface area contributed by atoms with Crippen LogP contribution in [0.15, 0.2) is 21.9 Å². The molecular weight excluding hydrogens is 256 g/mol. The second-order valence-corrected chi connectivity index (χ2v) is 5.54. The van der Waals surface area contributed by atoms with Crippen molar-refractivity contribution in [1.29, 1.82) is 0 Å². The lowest BCUT2D eigenvalue weighted by Gasteiger charge is -2.23. The number of Topliss-reactive ketones (excluding diaryl/α,β-unsaturated/α-hetero) is 1. The maximum atomic E-state index is 11.8. The normalized spacial score (nSPS) is 31.3. The van der Waals surface area contributed by atoms with Gasteiger partial charge in [0.2, 0.25) is 0 Å². The Morgan fingerprint density at radius 1 is 1.53 bits per heavy atom. The summed E-state index contributed by atoms with van der Waals surface area (Å²) in [6.45, 7) is 1.85.